The molecule has 0 unspecified atom stereocenters. The Morgan fingerprint density at radius 1 is 0.324 bits per heavy atom. The number of para-hydroxylation sites is 9. The summed E-state index contributed by atoms with van der Waals surface area (Å²) >= 11 is 22.1. The summed E-state index contributed by atoms with van der Waals surface area (Å²) in [5.41, 5.74) is 18.6. The van der Waals surface area contributed by atoms with E-state index in [1.54, 1.807) is 59.2 Å². The Bertz CT molecular complexity index is 7990. The minimum atomic E-state index is -0.398. The van der Waals surface area contributed by atoms with E-state index in [1.165, 1.54) is 81.0 Å². The SMILES string of the molecule is Oc1ccc(-c2ccccc2)cc1-c1nc2ccccc2s1.[Be+2].[Be+2].[O-]c1ccc(F)cc1-c1[nH+]c2ccccc2s1.[O-]c1ccc(F)cc1-c1[nH+]c2ccccc2s1.[O-]c1cccc2ccc3ccc[nH+]c3c12.[O-]c1ccccc1-c1[nH+]c2ccccc2o1.[S-]c1ccc(-c2ccccc2)cc1-c1nc2ccccc2s1.[S-]c1ccccc1-c1ccccn1.[S-]c1ccccc1-c1nc2ccccc2o1.[Zn+2].[Zn]. The number of benzene rings is 17. The van der Waals surface area contributed by atoms with Crippen LogP contribution in [0.4, 0.5) is 8.78 Å². The standard InChI is InChI=1S/C19H13NOS.C19H13NS2.2C13H8FNOS.C13H9NO2.C13H9NOS.C13H9NO.C11H9NS.2Be.2Zn/c2*21-17-11-10-14(13-6-2-1-3-7-13)12-15(17)19-20-16-8-4-5-9-18(16)22-19;2*14-8-5-6-11(16)9(7-8)13-15-10-3-1-2-4-12(10)17-13;15-11-7-3-1-5-9(11)13-14-10-6-2-4-8-12(10)16-13;16-12-8-4-1-5-9(12)13-14-10-6-2-3-7-11(10)15-13;15-11-5-1-3-9-6-7-10-4-2-8-14-13(10)12(9)11;13-11-7-2-1-5-9(11)10-6-3-4-8-12-10;;;;/h2*1-12,21H;2*1-7,16H;1-8,15H;1-8,16H;1-8,15H;1-8,13H;;;;/q;;;;;;;;2*+2;;+2/p-3. The van der Waals surface area contributed by atoms with E-state index in [-0.39, 0.29) is 87.9 Å². The number of aromatic hydroxyl groups is 1. The van der Waals surface area contributed by atoms with E-state index in [0.717, 1.165) is 144 Å². The fourth-order valence-corrected chi connectivity index (χ4v) is 19.7. The third kappa shape index (κ3) is 24.9. The van der Waals surface area contributed by atoms with Gasteiger partial charge in [0.25, 0.3) is 10.0 Å². The number of rotatable bonds is 9. The first-order valence-corrected chi connectivity index (χ1v) is 47.7. The maximum atomic E-state index is 13.1. The van der Waals surface area contributed by atoms with Crippen molar-refractivity contribution in [1.82, 2.24) is 19.9 Å². The van der Waals surface area contributed by atoms with E-state index in [9.17, 15) is 34.3 Å². The quantitative estimate of drug-likeness (QED) is 0.0802. The molecule has 8 aromatic heterocycles. The Labute approximate surface area is 880 Å². The van der Waals surface area contributed by atoms with E-state index in [0.29, 0.717) is 38.5 Å². The number of aromatic amines is 4. The summed E-state index contributed by atoms with van der Waals surface area (Å²) in [6, 6.07) is 128. The van der Waals surface area contributed by atoms with Gasteiger partial charge in [0, 0.05) is 66.3 Å². The Hall–Kier alpha value is -14.8. The summed E-state index contributed by atoms with van der Waals surface area (Å²) in [7, 11) is 0. The van der Waals surface area contributed by atoms with E-state index < -0.39 is 11.6 Å². The van der Waals surface area contributed by atoms with Gasteiger partial charge in [-0.05, 0) is 166 Å². The zero-order valence-corrected chi connectivity index (χ0v) is 87.2. The number of nitrogens with one attached hydrogen (secondary N) is 4. The number of fused-ring (bicyclic) bond motifs is 9. The van der Waals surface area contributed by atoms with Crippen LogP contribution in [0.25, 0.3) is 183 Å². The van der Waals surface area contributed by atoms with E-state index in [2.05, 4.69) is 83.4 Å². The second kappa shape index (κ2) is 48.8. The first-order valence-electron chi connectivity index (χ1n) is 43.2. The van der Waals surface area contributed by atoms with Gasteiger partial charge in [-0.1, -0.05) is 307 Å². The van der Waals surface area contributed by atoms with Gasteiger partial charge in [0.1, 0.15) is 42.3 Å². The number of nitrogens with zero attached hydrogens (tertiary/aromatic N) is 4. The summed E-state index contributed by atoms with van der Waals surface area (Å²) < 4.78 is 41.9. The van der Waals surface area contributed by atoms with Crippen molar-refractivity contribution in [2.24, 2.45) is 0 Å². The van der Waals surface area contributed by atoms with Gasteiger partial charge >= 0.3 is 45.6 Å². The first-order chi connectivity index (χ1) is 67.5. The molecule has 0 bridgehead atoms. The summed E-state index contributed by atoms with van der Waals surface area (Å²) in [5.74, 6) is 0.245. The number of hydrogen-bond donors (Lipinski definition) is 1. The van der Waals surface area contributed by atoms with Gasteiger partial charge in [-0.25, -0.2) is 28.7 Å². The van der Waals surface area contributed by atoms with Crippen molar-refractivity contribution in [1.29, 1.82) is 0 Å². The number of halogens is 2. The average molecular weight is 2080 g/mol. The second-order valence-corrected chi connectivity index (χ2v) is 36.3. The smallest absolute Gasteiger partial charge is 0.872 e. The number of phenolic OH excluding ortho intramolecular Hbond substituents is 1. The van der Waals surface area contributed by atoms with Crippen LogP contribution in [-0.4, -0.2) is 45.3 Å². The largest absolute Gasteiger partial charge is 2.00 e. The predicted molar refractivity (Wildman–Crippen MR) is 562 cm³/mol. The van der Waals surface area contributed by atoms with Crippen LogP contribution in [0.15, 0.2) is 448 Å². The van der Waals surface area contributed by atoms with Gasteiger partial charge < -0.3 is 72.3 Å². The second-order valence-electron chi connectivity index (χ2n) is 30.8. The zero-order chi connectivity index (χ0) is 94.8. The van der Waals surface area contributed by atoms with Crippen LogP contribution >= 0.6 is 45.3 Å². The molecule has 0 aliphatic heterocycles. The summed E-state index contributed by atoms with van der Waals surface area (Å²) in [6.07, 6.45) is 3.62. The molecular formula is C114H75Be2F2N8O7S7Zn2+3. The van der Waals surface area contributed by atoms with E-state index in [1.807, 2.05) is 297 Å². The molecule has 0 spiro atoms. The number of thiazole rings is 4. The molecule has 0 aliphatic rings. The number of hydrogen-bond acceptors (Lipinski definition) is 18. The monoisotopic (exact) mass is 2080 g/mol. The Morgan fingerprint density at radius 2 is 0.782 bits per heavy atom. The van der Waals surface area contributed by atoms with Crippen molar-refractivity contribution in [3.8, 4) is 127 Å². The maximum absolute atomic E-state index is 13.1. The number of pyridine rings is 2. The van der Waals surface area contributed by atoms with Crippen molar-refractivity contribution in [3.63, 3.8) is 0 Å². The molecule has 674 valence electrons. The summed E-state index contributed by atoms with van der Waals surface area (Å²) in [4.78, 5) is 33.0. The molecule has 0 fully saturated rings. The van der Waals surface area contributed by atoms with Crippen molar-refractivity contribution in [2.45, 2.75) is 14.7 Å². The number of phenols is 1. The molecule has 0 radical (unpaired) electrons. The van der Waals surface area contributed by atoms with Crippen LogP contribution in [-0.2, 0) is 76.8 Å². The molecule has 0 amide bonds. The van der Waals surface area contributed by atoms with Gasteiger partial charge in [-0.15, -0.1) is 22.7 Å². The van der Waals surface area contributed by atoms with Crippen molar-refractivity contribution in [3.05, 3.63) is 437 Å². The normalized spacial score (nSPS) is 10.5. The molecule has 15 nitrogen and oxygen atoms in total. The van der Waals surface area contributed by atoms with Crippen LogP contribution in [0.1, 0.15) is 0 Å². The molecule has 25 rings (SSSR count). The third-order valence-corrected chi connectivity index (χ3v) is 27.1. The Balaban J connectivity index is 0.000000129. The van der Waals surface area contributed by atoms with Gasteiger partial charge in [-0.2, -0.15) is 29.6 Å². The van der Waals surface area contributed by atoms with Crippen LogP contribution in [0, 0.1) is 11.6 Å². The minimum absolute atomic E-state index is 0. The molecule has 8 heterocycles. The molecule has 17 aromatic carbocycles. The van der Waals surface area contributed by atoms with E-state index in [4.69, 9.17) is 51.7 Å². The molecule has 142 heavy (non-hydrogen) atoms. The molecule has 0 saturated carbocycles. The molecule has 0 saturated heterocycles. The van der Waals surface area contributed by atoms with Crippen molar-refractivity contribution < 1.29 is 102 Å². The Morgan fingerprint density at radius 3 is 1.34 bits per heavy atom. The molecule has 0 atom stereocenters. The third-order valence-electron chi connectivity index (χ3n) is 21.7. The molecular weight excluding hydrogens is 2000 g/mol. The molecule has 25 aromatic rings. The molecule has 0 aliphatic carbocycles. The van der Waals surface area contributed by atoms with Crippen LogP contribution in [0.2, 0.25) is 0 Å². The van der Waals surface area contributed by atoms with Crippen molar-refractivity contribution in [2.75, 3.05) is 0 Å². The predicted octanol–water partition coefficient (Wildman–Crippen LogP) is 25.2. The van der Waals surface area contributed by atoms with Crippen LogP contribution in [0.5, 0.6) is 28.7 Å². The van der Waals surface area contributed by atoms with Crippen LogP contribution in [0.3, 0.4) is 0 Å². The van der Waals surface area contributed by atoms with Gasteiger partial charge in [0.2, 0.25) is 33.5 Å². The van der Waals surface area contributed by atoms with Gasteiger partial charge in [0.05, 0.1) is 48.4 Å². The number of aromatic nitrogens is 8. The molecule has 5 N–H and O–H groups in total. The topological polar surface area (TPSA) is 247 Å². The summed E-state index contributed by atoms with van der Waals surface area (Å²) in [6.45, 7) is 0. The number of oxazole rings is 2. The first kappa shape index (κ1) is 103. The Kier molecular flexibility index (Phi) is 35.4. The average Bonchev–Trinajstić information content (AvgIpc) is 1.40. The summed E-state index contributed by atoms with van der Waals surface area (Å²) in [5, 5.41) is 63.0. The minimum Gasteiger partial charge on any atom is -0.872 e. The van der Waals surface area contributed by atoms with Gasteiger partial charge in [-0.3, -0.25) is 4.98 Å². The fraction of sp³-hybridized carbons (Fsp3) is 0. The van der Waals surface area contributed by atoms with E-state index >= 15 is 0 Å². The van der Waals surface area contributed by atoms with Crippen LogP contribution < -0.4 is 40.4 Å². The zero-order valence-electron chi connectivity index (χ0n) is 75.5. The van der Waals surface area contributed by atoms with Gasteiger partial charge in [0.15, 0.2) is 11.8 Å². The fourth-order valence-electron chi connectivity index (χ4n) is 14.9. The molecule has 28 heteroatoms. The van der Waals surface area contributed by atoms with Crippen molar-refractivity contribution >= 4 is 188 Å². The number of H-pyrrole nitrogens is 4. The maximum Gasteiger partial charge on any atom is 2.00 e.